The van der Waals surface area contributed by atoms with Crippen molar-refractivity contribution < 1.29 is 9.84 Å². The molecule has 2 rings (SSSR count). The van der Waals surface area contributed by atoms with Crippen molar-refractivity contribution in [3.63, 3.8) is 0 Å². The molecule has 3 unspecified atom stereocenters. The molecule has 2 heterocycles. The fraction of sp³-hybridized carbons (Fsp3) is 0.615. The van der Waals surface area contributed by atoms with Gasteiger partial charge in [-0.15, -0.1) is 0 Å². The first-order valence-corrected chi connectivity index (χ1v) is 6.89. The molecule has 0 spiro atoms. The van der Waals surface area contributed by atoms with Crippen LogP contribution in [0, 0.1) is 5.92 Å². The molecule has 3 nitrogen and oxygen atoms in total. The molecule has 1 N–H and O–H groups in total. The van der Waals surface area contributed by atoms with Gasteiger partial charge < -0.3 is 9.84 Å². The number of hydrogen-bond donors (Lipinski definition) is 1. The monoisotopic (exact) mass is 299 g/mol. The summed E-state index contributed by atoms with van der Waals surface area (Å²) in [6, 6.07) is 2.01. The predicted molar refractivity (Wildman–Crippen MR) is 69.8 cm³/mol. The van der Waals surface area contributed by atoms with Crippen LogP contribution >= 0.6 is 15.9 Å². The van der Waals surface area contributed by atoms with Gasteiger partial charge in [-0.3, -0.25) is 4.98 Å². The van der Waals surface area contributed by atoms with Gasteiger partial charge in [0.1, 0.15) is 0 Å². The summed E-state index contributed by atoms with van der Waals surface area (Å²) in [6.45, 7) is 2.88. The van der Waals surface area contributed by atoms with E-state index in [-0.39, 0.29) is 18.1 Å². The van der Waals surface area contributed by atoms with Crippen molar-refractivity contribution in [2.24, 2.45) is 5.92 Å². The van der Waals surface area contributed by atoms with Crippen molar-refractivity contribution in [1.29, 1.82) is 0 Å². The van der Waals surface area contributed by atoms with Gasteiger partial charge in [0.05, 0.1) is 12.2 Å². The van der Waals surface area contributed by atoms with Crippen molar-refractivity contribution in [2.75, 3.05) is 6.61 Å². The van der Waals surface area contributed by atoms with E-state index < -0.39 is 0 Å². The van der Waals surface area contributed by atoms with Crippen molar-refractivity contribution in [3.05, 3.63) is 28.5 Å². The Morgan fingerprint density at radius 2 is 2.41 bits per heavy atom. The van der Waals surface area contributed by atoms with E-state index in [9.17, 15) is 5.11 Å². The maximum atomic E-state index is 10.3. The number of nitrogens with zero attached hydrogens (tertiary/aromatic N) is 1. The number of halogens is 1. The average Bonchev–Trinajstić information content (AvgIpc) is 2.77. The molecule has 17 heavy (non-hydrogen) atoms. The van der Waals surface area contributed by atoms with Crippen molar-refractivity contribution >= 4 is 15.9 Å². The van der Waals surface area contributed by atoms with E-state index in [1.165, 1.54) is 0 Å². The van der Waals surface area contributed by atoms with Crippen LogP contribution in [0.15, 0.2) is 22.9 Å². The Balaban J connectivity index is 1.99. The molecule has 1 fully saturated rings. The molecule has 1 aromatic rings. The maximum absolute atomic E-state index is 10.3. The molecule has 0 radical (unpaired) electrons. The third-order valence-electron chi connectivity index (χ3n) is 3.36. The number of hydrogen-bond acceptors (Lipinski definition) is 3. The van der Waals surface area contributed by atoms with E-state index in [2.05, 4.69) is 27.8 Å². The van der Waals surface area contributed by atoms with Gasteiger partial charge in [0.25, 0.3) is 0 Å². The predicted octanol–water partition coefficient (Wildman–Crippen LogP) is 2.56. The van der Waals surface area contributed by atoms with Crippen LogP contribution in [0.2, 0.25) is 0 Å². The third-order valence-corrected chi connectivity index (χ3v) is 3.80. The van der Waals surface area contributed by atoms with E-state index in [1.54, 1.807) is 6.20 Å². The molecule has 0 amide bonds. The van der Waals surface area contributed by atoms with Crippen LogP contribution in [0.5, 0.6) is 0 Å². The zero-order valence-corrected chi connectivity index (χ0v) is 11.6. The van der Waals surface area contributed by atoms with Gasteiger partial charge >= 0.3 is 0 Å². The van der Waals surface area contributed by atoms with Gasteiger partial charge in [0.15, 0.2) is 0 Å². The summed E-state index contributed by atoms with van der Waals surface area (Å²) in [5.41, 5.74) is 1.06. The molecule has 0 aromatic carbocycles. The Kier molecular flexibility index (Phi) is 4.54. The molecular formula is C13H18BrNO2. The Morgan fingerprint density at radius 1 is 1.59 bits per heavy atom. The van der Waals surface area contributed by atoms with Gasteiger partial charge in [-0.05, 0) is 40.4 Å². The minimum atomic E-state index is -0.335. The molecule has 1 aromatic heterocycles. The van der Waals surface area contributed by atoms with Crippen molar-refractivity contribution in [1.82, 2.24) is 4.98 Å². The molecule has 0 saturated carbocycles. The Labute approximate surface area is 110 Å². The van der Waals surface area contributed by atoms with Crippen LogP contribution in [0.4, 0.5) is 0 Å². The molecule has 94 valence electrons. The van der Waals surface area contributed by atoms with Gasteiger partial charge in [0, 0.05) is 35.8 Å². The molecular weight excluding hydrogens is 282 g/mol. The minimum Gasteiger partial charge on any atom is -0.392 e. The highest BCUT2D eigenvalue weighted by atomic mass is 79.9. The summed E-state index contributed by atoms with van der Waals surface area (Å²) in [4.78, 5) is 4.11. The summed E-state index contributed by atoms with van der Waals surface area (Å²) < 4.78 is 6.57. The van der Waals surface area contributed by atoms with Crippen LogP contribution in [-0.4, -0.2) is 28.9 Å². The lowest BCUT2D eigenvalue weighted by molar-refractivity contribution is 0.0317. The van der Waals surface area contributed by atoms with Crippen molar-refractivity contribution in [2.45, 2.75) is 38.4 Å². The normalized spacial score (nSPS) is 26.1. The number of aliphatic hydroxyl groups is 1. The van der Waals surface area contributed by atoms with Crippen LogP contribution in [-0.2, 0) is 11.2 Å². The van der Waals surface area contributed by atoms with Crippen molar-refractivity contribution in [3.8, 4) is 0 Å². The van der Waals surface area contributed by atoms with Crippen LogP contribution < -0.4 is 0 Å². The second kappa shape index (κ2) is 5.94. The smallest absolute Gasteiger partial charge is 0.0634 e. The van der Waals surface area contributed by atoms with E-state index in [0.717, 1.165) is 29.5 Å². The molecule has 1 aliphatic heterocycles. The second-order valence-electron chi connectivity index (χ2n) is 4.55. The Hall–Kier alpha value is -0.450. The zero-order chi connectivity index (χ0) is 12.3. The quantitative estimate of drug-likeness (QED) is 0.929. The van der Waals surface area contributed by atoms with E-state index in [1.807, 2.05) is 12.3 Å². The number of aliphatic hydroxyl groups excluding tert-OH is 1. The lowest BCUT2D eigenvalue weighted by Gasteiger charge is -2.22. The summed E-state index contributed by atoms with van der Waals surface area (Å²) >= 11 is 3.39. The SMILES string of the molecule is CCC1OCCC1C(O)Cc1cncc(Br)c1. The van der Waals surface area contributed by atoms with Gasteiger partial charge in [-0.2, -0.15) is 0 Å². The first-order chi connectivity index (χ1) is 8.20. The van der Waals surface area contributed by atoms with Gasteiger partial charge in [0.2, 0.25) is 0 Å². The maximum Gasteiger partial charge on any atom is 0.0634 e. The third kappa shape index (κ3) is 3.27. The lowest BCUT2D eigenvalue weighted by atomic mass is 9.90. The van der Waals surface area contributed by atoms with Crippen LogP contribution in [0.25, 0.3) is 0 Å². The molecule has 3 atom stereocenters. The van der Waals surface area contributed by atoms with E-state index in [4.69, 9.17) is 4.74 Å². The highest BCUT2D eigenvalue weighted by molar-refractivity contribution is 9.10. The molecule has 0 bridgehead atoms. The van der Waals surface area contributed by atoms with Crippen LogP contribution in [0.3, 0.4) is 0 Å². The summed E-state index contributed by atoms with van der Waals surface area (Å²) in [7, 11) is 0. The first kappa shape index (κ1) is 13.0. The Morgan fingerprint density at radius 3 is 3.12 bits per heavy atom. The Bertz CT molecular complexity index is 372. The van der Waals surface area contributed by atoms with Crippen LogP contribution in [0.1, 0.15) is 25.3 Å². The summed E-state index contributed by atoms with van der Waals surface area (Å²) in [5, 5.41) is 10.3. The molecule has 0 aliphatic carbocycles. The number of aromatic nitrogens is 1. The number of ether oxygens (including phenoxy) is 1. The standard InChI is InChI=1S/C13H18BrNO2/c1-2-13-11(3-4-17-13)12(16)6-9-5-10(14)8-15-7-9/h5,7-8,11-13,16H,2-4,6H2,1H3. The number of pyridine rings is 1. The topological polar surface area (TPSA) is 42.4 Å². The first-order valence-electron chi connectivity index (χ1n) is 6.09. The summed E-state index contributed by atoms with van der Waals surface area (Å²) in [6.07, 6.45) is 6.02. The second-order valence-corrected chi connectivity index (χ2v) is 5.47. The average molecular weight is 300 g/mol. The highest BCUT2D eigenvalue weighted by Gasteiger charge is 2.32. The largest absolute Gasteiger partial charge is 0.392 e. The highest BCUT2D eigenvalue weighted by Crippen LogP contribution is 2.28. The lowest BCUT2D eigenvalue weighted by Crippen LogP contribution is -2.29. The molecule has 1 aliphatic rings. The fourth-order valence-electron chi connectivity index (χ4n) is 2.49. The fourth-order valence-corrected chi connectivity index (χ4v) is 2.90. The summed E-state index contributed by atoms with van der Waals surface area (Å²) in [5.74, 6) is 0.263. The number of rotatable bonds is 4. The molecule has 1 saturated heterocycles. The zero-order valence-electron chi connectivity index (χ0n) is 9.97. The van der Waals surface area contributed by atoms with E-state index >= 15 is 0 Å². The molecule has 4 heteroatoms. The van der Waals surface area contributed by atoms with E-state index in [0.29, 0.717) is 6.42 Å². The van der Waals surface area contributed by atoms with Gasteiger partial charge in [-0.1, -0.05) is 6.92 Å². The minimum absolute atomic E-state index is 0.213. The van der Waals surface area contributed by atoms with Gasteiger partial charge in [-0.25, -0.2) is 0 Å².